The average Bonchev–Trinajstić information content (AvgIpc) is 3.72. The number of ketones is 1. The van der Waals surface area contributed by atoms with Gasteiger partial charge in [-0.2, -0.15) is 12.7 Å². The van der Waals surface area contributed by atoms with E-state index in [-0.39, 0.29) is 35.7 Å². The van der Waals surface area contributed by atoms with Crippen molar-refractivity contribution < 1.29 is 36.4 Å². The van der Waals surface area contributed by atoms with Gasteiger partial charge >= 0.3 is 10.2 Å². The summed E-state index contributed by atoms with van der Waals surface area (Å²) >= 11 is 0. The molecule has 3 amide bonds. The summed E-state index contributed by atoms with van der Waals surface area (Å²) in [7, 11) is -2.85. The van der Waals surface area contributed by atoms with Crippen molar-refractivity contribution in [2.45, 2.75) is 63.8 Å². The molecule has 6 heterocycles. The molecule has 19 heteroatoms. The first-order valence-electron chi connectivity index (χ1n) is 21.1. The molecule has 3 aliphatic heterocycles. The summed E-state index contributed by atoms with van der Waals surface area (Å²) in [5, 5.41) is 5.89. The number of H-pyrrole nitrogens is 1. The Bertz CT molecular complexity index is 2650. The van der Waals surface area contributed by atoms with Crippen molar-refractivity contribution in [1.82, 2.24) is 34.5 Å². The van der Waals surface area contributed by atoms with Gasteiger partial charge in [0, 0.05) is 105 Å². The van der Waals surface area contributed by atoms with Crippen LogP contribution in [0.3, 0.4) is 0 Å². The summed E-state index contributed by atoms with van der Waals surface area (Å²) in [4.78, 5) is 71.1. The zero-order chi connectivity index (χ0) is 44.4. The maximum absolute atomic E-state index is 15.6. The van der Waals surface area contributed by atoms with Crippen molar-refractivity contribution in [2.24, 2.45) is 5.92 Å². The van der Waals surface area contributed by atoms with E-state index >= 15 is 8.78 Å². The zero-order valence-corrected chi connectivity index (χ0v) is 35.7. The van der Waals surface area contributed by atoms with Crippen LogP contribution in [0.5, 0.6) is 0 Å². The molecule has 3 aliphatic rings. The number of halogens is 2. The highest BCUT2D eigenvalue weighted by atomic mass is 32.2. The highest BCUT2D eigenvalue weighted by Gasteiger charge is 2.30. The third-order valence-corrected chi connectivity index (χ3v) is 13.9. The summed E-state index contributed by atoms with van der Waals surface area (Å²) < 4.78 is 58.7. The van der Waals surface area contributed by atoms with Crippen LogP contribution in [0.1, 0.15) is 79.3 Å². The van der Waals surface area contributed by atoms with Crippen LogP contribution in [-0.2, 0) is 24.6 Å². The summed E-state index contributed by atoms with van der Waals surface area (Å²) in [5.41, 5.74) is 1.97. The molecule has 3 saturated heterocycles. The number of nitrogens with one attached hydrogen (secondary N) is 4. The first kappa shape index (κ1) is 43.3. The molecule has 0 saturated carbocycles. The molecule has 330 valence electrons. The number of likely N-dealkylation sites (tertiary alicyclic amines) is 1. The summed E-state index contributed by atoms with van der Waals surface area (Å²) in [6, 6.07) is 11.1. The van der Waals surface area contributed by atoms with Gasteiger partial charge in [0.2, 0.25) is 29.5 Å². The van der Waals surface area contributed by atoms with Crippen LogP contribution in [0.4, 0.5) is 26.1 Å². The van der Waals surface area contributed by atoms with Crippen molar-refractivity contribution in [2.75, 3.05) is 54.7 Å². The molecule has 16 nitrogen and oxygen atoms in total. The number of imide groups is 1. The second-order valence-corrected chi connectivity index (χ2v) is 18.1. The van der Waals surface area contributed by atoms with E-state index in [1.165, 1.54) is 18.8 Å². The molecule has 3 fully saturated rings. The van der Waals surface area contributed by atoms with E-state index in [1.807, 2.05) is 17.0 Å². The molecule has 5 aromatic rings. The Balaban J connectivity index is 0.833. The zero-order valence-electron chi connectivity index (χ0n) is 34.9. The molecule has 0 bridgehead atoms. The van der Waals surface area contributed by atoms with E-state index < -0.39 is 44.9 Å². The Kier molecular flexibility index (Phi) is 12.5. The number of carbonyl (C=O) groups excluding carboxylic acids is 4. The number of fused-ring (bicyclic) bond motifs is 1. The average molecular weight is 883 g/mol. The van der Waals surface area contributed by atoms with Crippen molar-refractivity contribution >= 4 is 62.1 Å². The third-order valence-electron chi connectivity index (χ3n) is 12.3. The number of hydrogen-bond acceptors (Lipinski definition) is 11. The lowest BCUT2D eigenvalue weighted by Gasteiger charge is -2.35. The standard InChI is InChI=1S/C44H48F2N10O6S/c1-3-54(2)63(61,62)53-35-9-8-34(45)39(40(35)46)41(59)33-25-48-42-32(33)21-29(22-47-42)30-23-49-44(50-24-30)56-16-12-26(13-17-56)20-38(58)55-18-14-28(15-19-55)27-4-6-31(7-5-27)51-36-10-11-37(57)52-43(36)60/h4-9,21-26,28,36,51,53H,3,10-20H2,1-2H3,(H,47,48)(H,52,57,60)/t36-/m0/s1. The highest BCUT2D eigenvalue weighted by Crippen LogP contribution is 2.33. The number of pyridine rings is 1. The fourth-order valence-corrected chi connectivity index (χ4v) is 9.33. The molecule has 0 radical (unpaired) electrons. The van der Waals surface area contributed by atoms with Crippen molar-refractivity contribution in [3.63, 3.8) is 0 Å². The van der Waals surface area contributed by atoms with Crippen molar-refractivity contribution in [3.05, 3.63) is 95.6 Å². The van der Waals surface area contributed by atoms with Gasteiger partial charge in [-0.15, -0.1) is 0 Å². The van der Waals surface area contributed by atoms with E-state index in [0.717, 1.165) is 47.8 Å². The first-order valence-corrected chi connectivity index (χ1v) is 22.5. The largest absolute Gasteiger partial charge is 0.374 e. The first-order chi connectivity index (χ1) is 30.3. The lowest BCUT2D eigenvalue weighted by molar-refractivity contribution is -0.134. The fraction of sp³-hybridized carbons (Fsp3) is 0.386. The SMILES string of the molecule is CCN(C)S(=O)(=O)Nc1ccc(F)c(C(=O)c2c[nH]c3ncc(-c4cnc(N5CCC(CC(=O)N6CCC(c7ccc(N[C@H]8CCC(=O)NC8=O)cc7)CC6)CC5)nc4)cc23)c1F. The molecular formula is C44H48F2N10O6S. The Morgan fingerprint density at radius 2 is 1.60 bits per heavy atom. The van der Waals surface area contributed by atoms with Gasteiger partial charge in [0.25, 0.3) is 0 Å². The quantitative estimate of drug-likeness (QED) is 0.0875. The monoisotopic (exact) mass is 882 g/mol. The minimum absolute atomic E-state index is 0.0589. The minimum Gasteiger partial charge on any atom is -0.374 e. The third kappa shape index (κ3) is 9.39. The second kappa shape index (κ2) is 18.2. The number of anilines is 3. The van der Waals surface area contributed by atoms with Crippen LogP contribution in [0, 0.1) is 17.6 Å². The number of benzene rings is 2. The van der Waals surface area contributed by atoms with Crippen LogP contribution in [0.2, 0.25) is 0 Å². The molecule has 0 aliphatic carbocycles. The van der Waals surface area contributed by atoms with E-state index in [0.29, 0.717) is 79.5 Å². The molecule has 1 atom stereocenters. The molecule has 63 heavy (non-hydrogen) atoms. The van der Waals surface area contributed by atoms with E-state index in [9.17, 15) is 27.6 Å². The molecule has 4 N–H and O–H groups in total. The minimum atomic E-state index is -4.15. The van der Waals surface area contributed by atoms with Gasteiger partial charge in [0.05, 0.1) is 11.3 Å². The number of aromatic amines is 1. The Hall–Kier alpha value is -6.34. The van der Waals surface area contributed by atoms with Crippen molar-refractivity contribution in [3.8, 4) is 11.1 Å². The van der Waals surface area contributed by atoms with E-state index in [2.05, 4.69) is 52.3 Å². The number of nitrogens with zero attached hydrogens (tertiary/aromatic N) is 6. The van der Waals surface area contributed by atoms with E-state index in [4.69, 9.17) is 0 Å². The van der Waals surface area contributed by atoms with Gasteiger partial charge in [0.1, 0.15) is 17.5 Å². The molecule has 8 rings (SSSR count). The van der Waals surface area contributed by atoms with Gasteiger partial charge in [0.15, 0.2) is 5.82 Å². The predicted octanol–water partition coefficient (Wildman–Crippen LogP) is 5.37. The van der Waals surface area contributed by atoms with E-state index in [1.54, 1.807) is 31.6 Å². The topological polar surface area (TPSA) is 203 Å². The molecule has 3 aromatic heterocycles. The van der Waals surface area contributed by atoms with Crippen LogP contribution in [0.25, 0.3) is 22.2 Å². The lowest BCUT2D eigenvalue weighted by atomic mass is 9.88. The smallest absolute Gasteiger partial charge is 0.301 e. The van der Waals surface area contributed by atoms with Gasteiger partial charge in [-0.3, -0.25) is 29.2 Å². The van der Waals surface area contributed by atoms with Crippen LogP contribution in [-0.4, -0.2) is 107 Å². The summed E-state index contributed by atoms with van der Waals surface area (Å²) in [6.45, 7) is 4.50. The number of amides is 3. The summed E-state index contributed by atoms with van der Waals surface area (Å²) in [5.74, 6) is -2.70. The number of aromatic nitrogens is 4. The number of carbonyl (C=O) groups is 4. The Labute approximate surface area is 363 Å². The number of hydrogen-bond donors (Lipinski definition) is 4. The second-order valence-electron chi connectivity index (χ2n) is 16.3. The Morgan fingerprint density at radius 3 is 2.29 bits per heavy atom. The highest BCUT2D eigenvalue weighted by molar-refractivity contribution is 7.90. The van der Waals surface area contributed by atoms with Gasteiger partial charge < -0.3 is 20.1 Å². The van der Waals surface area contributed by atoms with Gasteiger partial charge in [-0.1, -0.05) is 19.1 Å². The fourth-order valence-electron chi connectivity index (χ4n) is 8.40. The van der Waals surface area contributed by atoms with Crippen LogP contribution in [0.15, 0.2) is 67.3 Å². The normalized spacial score (nSPS) is 17.9. The maximum Gasteiger partial charge on any atom is 0.301 e. The van der Waals surface area contributed by atoms with Crippen LogP contribution < -0.4 is 20.3 Å². The van der Waals surface area contributed by atoms with Crippen molar-refractivity contribution in [1.29, 1.82) is 0 Å². The molecule has 0 spiro atoms. The predicted molar refractivity (Wildman–Crippen MR) is 232 cm³/mol. The number of piperidine rings is 3. The lowest BCUT2D eigenvalue weighted by Crippen LogP contribution is -2.47. The van der Waals surface area contributed by atoms with Gasteiger partial charge in [-0.25, -0.2) is 23.7 Å². The Morgan fingerprint density at radius 1 is 0.905 bits per heavy atom. The van der Waals surface area contributed by atoms with Crippen LogP contribution >= 0.6 is 0 Å². The summed E-state index contributed by atoms with van der Waals surface area (Å²) in [6.07, 6.45) is 10.9. The maximum atomic E-state index is 15.6. The molecular weight excluding hydrogens is 835 g/mol. The van der Waals surface area contributed by atoms with Gasteiger partial charge in [-0.05, 0) is 79.8 Å². The molecule has 0 unspecified atom stereocenters. The molecule has 2 aromatic carbocycles. The number of rotatable bonds is 13.